The molecule has 0 spiro atoms. The van der Waals surface area contributed by atoms with Crippen molar-refractivity contribution in [3.05, 3.63) is 0 Å². The van der Waals surface area contributed by atoms with Crippen molar-refractivity contribution < 1.29 is 9.84 Å². The van der Waals surface area contributed by atoms with Crippen molar-refractivity contribution >= 4 is 0 Å². The SMILES string of the molecule is CC[C@@]1(CO)CCOC1. The van der Waals surface area contributed by atoms with Crippen LogP contribution in [0, 0.1) is 5.41 Å². The van der Waals surface area contributed by atoms with Gasteiger partial charge in [0.05, 0.1) is 13.2 Å². The average Bonchev–Trinajstić information content (AvgIpc) is 2.36. The minimum atomic E-state index is 0.111. The van der Waals surface area contributed by atoms with Crippen molar-refractivity contribution in [3.8, 4) is 0 Å². The van der Waals surface area contributed by atoms with E-state index in [1.165, 1.54) is 0 Å². The number of hydrogen-bond acceptors (Lipinski definition) is 2. The summed E-state index contributed by atoms with van der Waals surface area (Å²) in [6.07, 6.45) is 2.06. The fourth-order valence-electron chi connectivity index (χ4n) is 1.16. The summed E-state index contributed by atoms with van der Waals surface area (Å²) in [5, 5.41) is 8.94. The van der Waals surface area contributed by atoms with E-state index in [1.54, 1.807) is 0 Å². The van der Waals surface area contributed by atoms with E-state index < -0.39 is 0 Å². The van der Waals surface area contributed by atoms with E-state index in [-0.39, 0.29) is 12.0 Å². The highest BCUT2D eigenvalue weighted by Gasteiger charge is 2.31. The van der Waals surface area contributed by atoms with Gasteiger partial charge in [0.15, 0.2) is 0 Å². The van der Waals surface area contributed by atoms with E-state index in [2.05, 4.69) is 6.92 Å². The molecule has 0 amide bonds. The second kappa shape index (κ2) is 2.67. The molecule has 1 aliphatic rings. The summed E-state index contributed by atoms with van der Waals surface area (Å²) < 4.78 is 5.18. The van der Waals surface area contributed by atoms with Crippen molar-refractivity contribution in [3.63, 3.8) is 0 Å². The Balaban J connectivity index is 2.45. The Hall–Kier alpha value is -0.0800. The monoisotopic (exact) mass is 130 g/mol. The van der Waals surface area contributed by atoms with Gasteiger partial charge in [-0.15, -0.1) is 0 Å². The highest BCUT2D eigenvalue weighted by Crippen LogP contribution is 2.30. The summed E-state index contributed by atoms with van der Waals surface area (Å²) in [6.45, 7) is 3.96. The van der Waals surface area contributed by atoms with E-state index in [9.17, 15) is 0 Å². The molecule has 0 aromatic carbocycles. The Morgan fingerprint density at radius 2 is 2.44 bits per heavy atom. The summed E-state index contributed by atoms with van der Waals surface area (Å²) in [5.74, 6) is 0. The molecule has 54 valence electrons. The second-order valence-corrected chi connectivity index (χ2v) is 2.81. The van der Waals surface area contributed by atoms with Crippen molar-refractivity contribution in [2.24, 2.45) is 5.41 Å². The number of hydrogen-bond donors (Lipinski definition) is 1. The Morgan fingerprint density at radius 1 is 1.67 bits per heavy atom. The lowest BCUT2D eigenvalue weighted by Gasteiger charge is -2.21. The summed E-state index contributed by atoms with van der Waals surface area (Å²) in [5.41, 5.74) is 0.111. The smallest absolute Gasteiger partial charge is 0.0545 e. The van der Waals surface area contributed by atoms with E-state index in [4.69, 9.17) is 9.84 Å². The molecule has 1 N–H and O–H groups in total. The highest BCUT2D eigenvalue weighted by molar-refractivity contribution is 4.80. The van der Waals surface area contributed by atoms with Gasteiger partial charge in [-0.05, 0) is 12.8 Å². The quantitative estimate of drug-likeness (QED) is 0.599. The van der Waals surface area contributed by atoms with Gasteiger partial charge in [-0.2, -0.15) is 0 Å². The van der Waals surface area contributed by atoms with Gasteiger partial charge in [-0.3, -0.25) is 0 Å². The largest absolute Gasteiger partial charge is 0.396 e. The van der Waals surface area contributed by atoms with E-state index in [1.807, 2.05) is 0 Å². The van der Waals surface area contributed by atoms with Crippen LogP contribution in [0.2, 0.25) is 0 Å². The molecule has 0 aromatic heterocycles. The van der Waals surface area contributed by atoms with Gasteiger partial charge in [0, 0.05) is 12.0 Å². The topological polar surface area (TPSA) is 29.5 Å². The molecule has 0 saturated carbocycles. The van der Waals surface area contributed by atoms with Gasteiger partial charge >= 0.3 is 0 Å². The third kappa shape index (κ3) is 1.25. The first kappa shape index (κ1) is 7.03. The maximum absolute atomic E-state index is 8.94. The van der Waals surface area contributed by atoms with Gasteiger partial charge in [0.25, 0.3) is 0 Å². The fraction of sp³-hybridized carbons (Fsp3) is 1.00. The molecule has 1 rings (SSSR count). The van der Waals surface area contributed by atoms with Gasteiger partial charge in [-0.25, -0.2) is 0 Å². The maximum Gasteiger partial charge on any atom is 0.0545 e. The number of ether oxygens (including phenoxy) is 1. The lowest BCUT2D eigenvalue weighted by Crippen LogP contribution is -2.24. The molecule has 2 heteroatoms. The minimum Gasteiger partial charge on any atom is -0.396 e. The Labute approximate surface area is 55.8 Å². The first-order valence-electron chi connectivity index (χ1n) is 3.51. The minimum absolute atomic E-state index is 0.111. The van der Waals surface area contributed by atoms with Crippen LogP contribution >= 0.6 is 0 Å². The van der Waals surface area contributed by atoms with Gasteiger partial charge in [-0.1, -0.05) is 6.92 Å². The molecule has 1 aliphatic heterocycles. The molecule has 0 aromatic rings. The normalized spacial score (nSPS) is 35.3. The summed E-state index contributed by atoms with van der Waals surface area (Å²) in [6, 6.07) is 0. The van der Waals surface area contributed by atoms with Crippen LogP contribution in [0.15, 0.2) is 0 Å². The molecule has 1 heterocycles. The standard InChI is InChI=1S/C7H14O2/c1-2-7(5-8)3-4-9-6-7/h8H,2-6H2,1H3/t7-/m0/s1. The van der Waals surface area contributed by atoms with Crippen LogP contribution in [0.4, 0.5) is 0 Å². The molecule has 1 fully saturated rings. The zero-order valence-corrected chi connectivity index (χ0v) is 5.89. The molecule has 9 heavy (non-hydrogen) atoms. The first-order chi connectivity index (χ1) is 4.33. The molecule has 0 bridgehead atoms. The third-order valence-electron chi connectivity index (χ3n) is 2.27. The number of rotatable bonds is 2. The predicted molar refractivity (Wildman–Crippen MR) is 35.2 cm³/mol. The lowest BCUT2D eigenvalue weighted by atomic mass is 9.86. The van der Waals surface area contributed by atoms with Crippen LogP contribution in [0.1, 0.15) is 19.8 Å². The number of aliphatic hydroxyl groups excluding tert-OH is 1. The molecule has 1 saturated heterocycles. The summed E-state index contributed by atoms with van der Waals surface area (Å²) >= 11 is 0. The van der Waals surface area contributed by atoms with E-state index in [0.29, 0.717) is 0 Å². The molecule has 2 nitrogen and oxygen atoms in total. The molecule has 0 unspecified atom stereocenters. The van der Waals surface area contributed by atoms with Crippen LogP contribution in [-0.4, -0.2) is 24.9 Å². The van der Waals surface area contributed by atoms with E-state index in [0.717, 1.165) is 26.1 Å². The van der Waals surface area contributed by atoms with Gasteiger partial charge in [0.1, 0.15) is 0 Å². The summed E-state index contributed by atoms with van der Waals surface area (Å²) in [7, 11) is 0. The van der Waals surface area contributed by atoms with Crippen LogP contribution in [0.25, 0.3) is 0 Å². The zero-order chi connectivity index (χ0) is 6.74. The van der Waals surface area contributed by atoms with Gasteiger partial charge in [0.2, 0.25) is 0 Å². The number of aliphatic hydroxyl groups is 1. The lowest BCUT2D eigenvalue weighted by molar-refractivity contribution is 0.0905. The average molecular weight is 130 g/mol. The van der Waals surface area contributed by atoms with Crippen molar-refractivity contribution in [1.82, 2.24) is 0 Å². The molecule has 0 radical (unpaired) electrons. The third-order valence-corrected chi connectivity index (χ3v) is 2.27. The highest BCUT2D eigenvalue weighted by atomic mass is 16.5. The Kier molecular flexibility index (Phi) is 2.09. The van der Waals surface area contributed by atoms with Crippen molar-refractivity contribution in [2.75, 3.05) is 19.8 Å². The fourth-order valence-corrected chi connectivity index (χ4v) is 1.16. The van der Waals surface area contributed by atoms with E-state index >= 15 is 0 Å². The summed E-state index contributed by atoms with van der Waals surface area (Å²) in [4.78, 5) is 0. The van der Waals surface area contributed by atoms with Crippen molar-refractivity contribution in [1.29, 1.82) is 0 Å². The van der Waals surface area contributed by atoms with Crippen LogP contribution in [0.3, 0.4) is 0 Å². The molecule has 0 aliphatic carbocycles. The zero-order valence-electron chi connectivity index (χ0n) is 5.89. The van der Waals surface area contributed by atoms with Crippen LogP contribution < -0.4 is 0 Å². The van der Waals surface area contributed by atoms with Crippen molar-refractivity contribution in [2.45, 2.75) is 19.8 Å². The van der Waals surface area contributed by atoms with Gasteiger partial charge < -0.3 is 9.84 Å². The molecular weight excluding hydrogens is 116 g/mol. The Morgan fingerprint density at radius 3 is 2.67 bits per heavy atom. The predicted octanol–water partition coefficient (Wildman–Crippen LogP) is 0.795. The molecule has 1 atom stereocenters. The second-order valence-electron chi connectivity index (χ2n) is 2.81. The maximum atomic E-state index is 8.94. The first-order valence-corrected chi connectivity index (χ1v) is 3.51. The molecular formula is C7H14O2. The Bertz CT molecular complexity index is 78.9. The van der Waals surface area contributed by atoms with Crippen LogP contribution in [-0.2, 0) is 4.74 Å². The van der Waals surface area contributed by atoms with Crippen LogP contribution in [0.5, 0.6) is 0 Å².